The number of aromatic nitrogens is 2. The molecule has 112 valence electrons. The molecular formula is C19H20N2O. The number of fused-ring (bicyclic) bond motifs is 1. The van der Waals surface area contributed by atoms with Crippen molar-refractivity contribution in [2.24, 2.45) is 0 Å². The van der Waals surface area contributed by atoms with Crippen molar-refractivity contribution in [2.75, 3.05) is 0 Å². The van der Waals surface area contributed by atoms with Gasteiger partial charge in [0.2, 0.25) is 0 Å². The minimum absolute atomic E-state index is 0.0800. The van der Waals surface area contributed by atoms with Gasteiger partial charge in [-0.25, -0.2) is 4.79 Å². The molecule has 0 aliphatic heterocycles. The van der Waals surface area contributed by atoms with Gasteiger partial charge < -0.3 is 0 Å². The molecule has 22 heavy (non-hydrogen) atoms. The quantitative estimate of drug-likeness (QED) is 0.707. The van der Waals surface area contributed by atoms with Crippen molar-refractivity contribution in [3.8, 4) is 11.3 Å². The van der Waals surface area contributed by atoms with Crippen LogP contribution in [0.15, 0.2) is 47.3 Å². The van der Waals surface area contributed by atoms with Gasteiger partial charge in [0.05, 0.1) is 11.2 Å². The molecular weight excluding hydrogens is 272 g/mol. The molecule has 0 unspecified atom stereocenters. The Balaban J connectivity index is 2.40. The number of benzene rings is 2. The molecule has 0 fully saturated rings. The van der Waals surface area contributed by atoms with Crippen molar-refractivity contribution < 1.29 is 0 Å². The molecule has 1 heterocycles. The van der Waals surface area contributed by atoms with Gasteiger partial charge in [0.1, 0.15) is 0 Å². The van der Waals surface area contributed by atoms with E-state index >= 15 is 0 Å². The average Bonchev–Trinajstić information content (AvgIpc) is 2.46. The zero-order valence-corrected chi connectivity index (χ0v) is 13.4. The highest BCUT2D eigenvalue weighted by Gasteiger charge is 2.14. The molecule has 0 amide bonds. The van der Waals surface area contributed by atoms with Gasteiger partial charge in [-0.2, -0.15) is 4.98 Å². The smallest absolute Gasteiger partial charge is 0.289 e. The molecule has 0 atom stereocenters. The first-order valence-corrected chi connectivity index (χ1v) is 7.57. The molecule has 0 saturated carbocycles. The molecule has 3 rings (SSSR count). The topological polar surface area (TPSA) is 34.9 Å². The van der Waals surface area contributed by atoms with Crippen LogP contribution in [0.2, 0.25) is 0 Å². The predicted octanol–water partition coefficient (Wildman–Crippen LogP) is 4.26. The summed E-state index contributed by atoms with van der Waals surface area (Å²) < 4.78 is 1.76. The van der Waals surface area contributed by atoms with Crippen LogP contribution < -0.4 is 5.69 Å². The Kier molecular flexibility index (Phi) is 3.57. The number of aryl methyl sites for hydroxylation is 2. The van der Waals surface area contributed by atoms with Gasteiger partial charge in [-0.3, -0.25) is 4.57 Å². The van der Waals surface area contributed by atoms with Gasteiger partial charge in [0.25, 0.3) is 0 Å². The maximum absolute atomic E-state index is 12.5. The van der Waals surface area contributed by atoms with Crippen LogP contribution in [0.25, 0.3) is 22.2 Å². The maximum atomic E-state index is 12.5. The van der Waals surface area contributed by atoms with Gasteiger partial charge >= 0.3 is 5.69 Å². The van der Waals surface area contributed by atoms with Crippen molar-refractivity contribution in [3.63, 3.8) is 0 Å². The lowest BCUT2D eigenvalue weighted by Crippen LogP contribution is -2.25. The van der Waals surface area contributed by atoms with Crippen LogP contribution in [0.4, 0.5) is 0 Å². The van der Waals surface area contributed by atoms with Gasteiger partial charge in [0, 0.05) is 17.0 Å². The first-order chi connectivity index (χ1) is 10.5. The molecule has 2 aromatic carbocycles. The van der Waals surface area contributed by atoms with E-state index in [-0.39, 0.29) is 11.7 Å². The van der Waals surface area contributed by atoms with Crippen molar-refractivity contribution in [1.82, 2.24) is 9.55 Å². The number of rotatable bonds is 2. The highest BCUT2D eigenvalue weighted by molar-refractivity contribution is 5.92. The van der Waals surface area contributed by atoms with E-state index in [4.69, 9.17) is 0 Å². The third-order valence-electron chi connectivity index (χ3n) is 3.92. The summed E-state index contributed by atoms with van der Waals surface area (Å²) in [5.74, 6) is 0. The van der Waals surface area contributed by atoms with Crippen LogP contribution >= 0.6 is 0 Å². The fourth-order valence-corrected chi connectivity index (χ4v) is 2.78. The summed E-state index contributed by atoms with van der Waals surface area (Å²) in [6.45, 7) is 8.11. The van der Waals surface area contributed by atoms with Gasteiger partial charge in [-0.1, -0.05) is 42.0 Å². The Morgan fingerprint density at radius 3 is 2.23 bits per heavy atom. The Labute approximate surface area is 130 Å². The molecule has 3 heteroatoms. The summed E-state index contributed by atoms with van der Waals surface area (Å²) in [7, 11) is 0. The lowest BCUT2D eigenvalue weighted by Gasteiger charge is -2.16. The van der Waals surface area contributed by atoms with Crippen molar-refractivity contribution in [2.45, 2.75) is 33.7 Å². The fourth-order valence-electron chi connectivity index (χ4n) is 2.78. The predicted molar refractivity (Wildman–Crippen MR) is 91.3 cm³/mol. The molecule has 3 nitrogen and oxygen atoms in total. The van der Waals surface area contributed by atoms with Crippen molar-refractivity contribution in [1.29, 1.82) is 0 Å². The number of hydrogen-bond acceptors (Lipinski definition) is 2. The Morgan fingerprint density at radius 2 is 1.59 bits per heavy atom. The van der Waals surface area contributed by atoms with Crippen molar-refractivity contribution >= 4 is 10.9 Å². The van der Waals surface area contributed by atoms with E-state index < -0.39 is 0 Å². The van der Waals surface area contributed by atoms with Gasteiger partial charge in [0.15, 0.2) is 0 Å². The Hall–Kier alpha value is -2.42. The van der Waals surface area contributed by atoms with E-state index in [0.717, 1.165) is 27.7 Å². The van der Waals surface area contributed by atoms with E-state index in [9.17, 15) is 4.79 Å². The first kappa shape index (κ1) is 14.5. The summed E-state index contributed by atoms with van der Waals surface area (Å²) in [5, 5.41) is 1.02. The average molecular weight is 292 g/mol. The van der Waals surface area contributed by atoms with Gasteiger partial charge in [-0.15, -0.1) is 0 Å². The van der Waals surface area contributed by atoms with Crippen LogP contribution in [-0.2, 0) is 0 Å². The maximum Gasteiger partial charge on any atom is 0.348 e. The lowest BCUT2D eigenvalue weighted by molar-refractivity contribution is 0.587. The molecule has 0 spiro atoms. The van der Waals surface area contributed by atoms with E-state index in [2.05, 4.69) is 30.1 Å². The Morgan fingerprint density at radius 1 is 0.955 bits per heavy atom. The summed E-state index contributed by atoms with van der Waals surface area (Å²) in [6, 6.07) is 14.4. The third-order valence-corrected chi connectivity index (χ3v) is 3.92. The van der Waals surface area contributed by atoms with E-state index in [1.165, 1.54) is 5.56 Å². The van der Waals surface area contributed by atoms with E-state index in [1.54, 1.807) is 4.57 Å². The van der Waals surface area contributed by atoms with Crippen LogP contribution in [-0.4, -0.2) is 9.55 Å². The number of nitrogens with zero attached hydrogens (tertiary/aromatic N) is 2. The molecule has 0 radical (unpaired) electrons. The van der Waals surface area contributed by atoms with Crippen molar-refractivity contribution in [3.05, 3.63) is 64.1 Å². The standard InChI is InChI=1S/C19H20N2O/c1-12(2)21-17-11-14(4)7-10-16(17)18(20-19(21)22)15-8-5-13(3)6-9-15/h5-12H,1-4H3. The lowest BCUT2D eigenvalue weighted by atomic mass is 10.0. The SMILES string of the molecule is Cc1ccc(-c2nc(=O)n(C(C)C)c3cc(C)ccc23)cc1. The van der Waals surface area contributed by atoms with Crippen LogP contribution in [0.1, 0.15) is 31.0 Å². The second-order valence-electron chi connectivity index (χ2n) is 6.09. The van der Waals surface area contributed by atoms with E-state index in [1.807, 2.05) is 45.0 Å². The minimum Gasteiger partial charge on any atom is -0.289 e. The van der Waals surface area contributed by atoms with Crippen LogP contribution in [0.3, 0.4) is 0 Å². The largest absolute Gasteiger partial charge is 0.348 e. The molecule has 0 aliphatic carbocycles. The first-order valence-electron chi connectivity index (χ1n) is 7.57. The second-order valence-corrected chi connectivity index (χ2v) is 6.09. The second kappa shape index (κ2) is 5.41. The molecule has 0 aliphatic rings. The summed E-state index contributed by atoms with van der Waals surface area (Å²) in [4.78, 5) is 16.9. The van der Waals surface area contributed by atoms with E-state index in [0.29, 0.717) is 0 Å². The molecule has 0 saturated heterocycles. The molecule has 0 N–H and O–H groups in total. The highest BCUT2D eigenvalue weighted by atomic mass is 16.1. The van der Waals surface area contributed by atoms with Crippen LogP contribution in [0, 0.1) is 13.8 Å². The normalized spacial score (nSPS) is 11.3. The molecule has 3 aromatic rings. The monoisotopic (exact) mass is 292 g/mol. The Bertz CT molecular complexity index is 890. The summed E-state index contributed by atoms with van der Waals surface area (Å²) in [5.41, 5.74) is 4.83. The zero-order chi connectivity index (χ0) is 15.9. The zero-order valence-electron chi connectivity index (χ0n) is 13.4. The minimum atomic E-state index is -0.191. The van der Waals surface area contributed by atoms with Gasteiger partial charge in [-0.05, 0) is 39.3 Å². The summed E-state index contributed by atoms with van der Waals surface area (Å²) in [6.07, 6.45) is 0. The molecule has 1 aromatic heterocycles. The fraction of sp³-hybridized carbons (Fsp3) is 0.263. The molecule has 0 bridgehead atoms. The third kappa shape index (κ3) is 2.43. The highest BCUT2D eigenvalue weighted by Crippen LogP contribution is 2.27. The summed E-state index contributed by atoms with van der Waals surface area (Å²) >= 11 is 0. The van der Waals surface area contributed by atoms with Crippen LogP contribution in [0.5, 0.6) is 0 Å². The number of hydrogen-bond donors (Lipinski definition) is 0.